The van der Waals surface area contributed by atoms with E-state index in [-0.39, 0.29) is 11.7 Å². The molecule has 2 aromatic heterocycles. The molecule has 6 nitrogen and oxygen atoms in total. The van der Waals surface area contributed by atoms with Gasteiger partial charge in [0.1, 0.15) is 5.82 Å². The van der Waals surface area contributed by atoms with E-state index >= 15 is 0 Å². The van der Waals surface area contributed by atoms with Gasteiger partial charge < -0.3 is 5.32 Å². The highest BCUT2D eigenvalue weighted by atomic mass is 19.1. The second-order valence-electron chi connectivity index (χ2n) is 5.81. The first-order chi connectivity index (χ1) is 12.1. The maximum atomic E-state index is 13.1. The molecular formula is C18H20FN5O. The third-order valence-electron chi connectivity index (χ3n) is 4.00. The Hall–Kier alpha value is -2.96. The van der Waals surface area contributed by atoms with Crippen molar-refractivity contribution in [1.29, 1.82) is 0 Å². The van der Waals surface area contributed by atoms with Gasteiger partial charge in [-0.25, -0.2) is 9.07 Å². The molecular weight excluding hydrogens is 321 g/mol. The van der Waals surface area contributed by atoms with Crippen molar-refractivity contribution >= 4 is 5.91 Å². The average molecular weight is 341 g/mol. The van der Waals surface area contributed by atoms with Crippen LogP contribution in [0.1, 0.15) is 28.2 Å². The number of hydrogen-bond acceptors (Lipinski definition) is 3. The second kappa shape index (κ2) is 7.29. The number of nitrogens with zero attached hydrogens (tertiary/aromatic N) is 4. The van der Waals surface area contributed by atoms with Gasteiger partial charge in [-0.2, -0.15) is 10.2 Å². The first-order valence-electron chi connectivity index (χ1n) is 8.14. The summed E-state index contributed by atoms with van der Waals surface area (Å²) in [6, 6.07) is 7.90. The Bertz CT molecular complexity index is 852. The summed E-state index contributed by atoms with van der Waals surface area (Å²) in [7, 11) is 0. The Morgan fingerprint density at radius 3 is 2.68 bits per heavy atom. The fourth-order valence-corrected chi connectivity index (χ4v) is 2.77. The number of aryl methyl sites for hydroxylation is 2. The fourth-order valence-electron chi connectivity index (χ4n) is 2.77. The van der Waals surface area contributed by atoms with Crippen molar-refractivity contribution in [3.63, 3.8) is 0 Å². The molecule has 0 aliphatic heterocycles. The Balaban J connectivity index is 1.67. The normalized spacial score (nSPS) is 10.8. The lowest BCUT2D eigenvalue weighted by Gasteiger charge is -2.07. The molecule has 0 unspecified atom stereocenters. The molecule has 25 heavy (non-hydrogen) atoms. The monoisotopic (exact) mass is 341 g/mol. The molecule has 0 bridgehead atoms. The molecule has 1 N–H and O–H groups in total. The number of halogens is 1. The minimum atomic E-state index is -0.305. The molecule has 7 heteroatoms. The Morgan fingerprint density at radius 2 is 2.00 bits per heavy atom. The van der Waals surface area contributed by atoms with Crippen LogP contribution in [-0.2, 0) is 6.54 Å². The quantitative estimate of drug-likeness (QED) is 0.701. The Labute approximate surface area is 145 Å². The maximum Gasteiger partial charge on any atom is 0.255 e. The summed E-state index contributed by atoms with van der Waals surface area (Å²) in [6.07, 6.45) is 4.41. The molecule has 1 amide bonds. The van der Waals surface area contributed by atoms with Gasteiger partial charge in [-0.15, -0.1) is 0 Å². The third-order valence-corrected chi connectivity index (χ3v) is 4.00. The summed E-state index contributed by atoms with van der Waals surface area (Å²) in [5.41, 5.74) is 2.66. The number of benzene rings is 1. The van der Waals surface area contributed by atoms with Crippen LogP contribution in [0.15, 0.2) is 42.7 Å². The van der Waals surface area contributed by atoms with E-state index in [0.29, 0.717) is 17.8 Å². The van der Waals surface area contributed by atoms with Gasteiger partial charge in [0.05, 0.1) is 22.6 Å². The number of hydrogen-bond donors (Lipinski definition) is 1. The van der Waals surface area contributed by atoms with Crippen molar-refractivity contribution in [2.24, 2.45) is 0 Å². The minimum absolute atomic E-state index is 0.149. The van der Waals surface area contributed by atoms with Gasteiger partial charge in [-0.3, -0.25) is 9.48 Å². The Morgan fingerprint density at radius 1 is 1.24 bits per heavy atom. The standard InChI is InChI=1S/C18H20FN5O/c1-13-17(18(25)20-9-3-11-23-12-4-10-21-23)14(2)24(22-13)16-7-5-15(19)6-8-16/h4-8,10,12H,3,9,11H2,1-2H3,(H,20,25). The van der Waals surface area contributed by atoms with Crippen molar-refractivity contribution in [2.75, 3.05) is 6.54 Å². The summed E-state index contributed by atoms with van der Waals surface area (Å²) < 4.78 is 16.6. The van der Waals surface area contributed by atoms with Crippen LogP contribution in [0.3, 0.4) is 0 Å². The molecule has 0 saturated heterocycles. The van der Waals surface area contributed by atoms with Crippen molar-refractivity contribution < 1.29 is 9.18 Å². The van der Waals surface area contributed by atoms with E-state index < -0.39 is 0 Å². The van der Waals surface area contributed by atoms with E-state index in [9.17, 15) is 9.18 Å². The molecule has 0 radical (unpaired) electrons. The summed E-state index contributed by atoms with van der Waals surface area (Å²) >= 11 is 0. The van der Waals surface area contributed by atoms with Crippen LogP contribution in [0.5, 0.6) is 0 Å². The highest BCUT2D eigenvalue weighted by molar-refractivity contribution is 5.96. The van der Waals surface area contributed by atoms with Gasteiger partial charge in [0, 0.05) is 25.5 Å². The van der Waals surface area contributed by atoms with E-state index in [1.54, 1.807) is 29.9 Å². The van der Waals surface area contributed by atoms with Crippen LogP contribution in [-0.4, -0.2) is 32.0 Å². The molecule has 3 aromatic rings. The van der Waals surface area contributed by atoms with Crippen molar-refractivity contribution in [1.82, 2.24) is 24.9 Å². The molecule has 130 valence electrons. The number of aromatic nitrogens is 4. The lowest BCUT2D eigenvalue weighted by molar-refractivity contribution is 0.0951. The highest BCUT2D eigenvalue weighted by Gasteiger charge is 2.19. The van der Waals surface area contributed by atoms with E-state index in [4.69, 9.17) is 0 Å². The van der Waals surface area contributed by atoms with Gasteiger partial charge in [-0.1, -0.05) is 0 Å². The zero-order valence-electron chi connectivity index (χ0n) is 14.2. The smallest absolute Gasteiger partial charge is 0.255 e. The first kappa shape index (κ1) is 16.9. The molecule has 0 spiro atoms. The largest absolute Gasteiger partial charge is 0.352 e. The van der Waals surface area contributed by atoms with Crippen LogP contribution in [0.2, 0.25) is 0 Å². The van der Waals surface area contributed by atoms with Crippen LogP contribution >= 0.6 is 0 Å². The number of amides is 1. The first-order valence-corrected chi connectivity index (χ1v) is 8.14. The Kier molecular flexibility index (Phi) is 4.92. The van der Waals surface area contributed by atoms with Crippen molar-refractivity contribution in [2.45, 2.75) is 26.8 Å². The molecule has 2 heterocycles. The van der Waals surface area contributed by atoms with E-state index in [2.05, 4.69) is 15.5 Å². The minimum Gasteiger partial charge on any atom is -0.352 e. The predicted octanol–water partition coefficient (Wildman–Crippen LogP) is 2.64. The van der Waals surface area contributed by atoms with Gasteiger partial charge >= 0.3 is 0 Å². The topological polar surface area (TPSA) is 64.7 Å². The van der Waals surface area contributed by atoms with Gasteiger partial charge in [0.25, 0.3) is 5.91 Å². The van der Waals surface area contributed by atoms with Crippen molar-refractivity contribution in [3.8, 4) is 5.69 Å². The molecule has 0 fully saturated rings. The highest BCUT2D eigenvalue weighted by Crippen LogP contribution is 2.18. The average Bonchev–Trinajstić information content (AvgIpc) is 3.20. The molecule has 3 rings (SSSR count). The number of rotatable bonds is 6. The van der Waals surface area contributed by atoms with Gasteiger partial charge in [-0.05, 0) is 50.6 Å². The number of nitrogens with one attached hydrogen (secondary N) is 1. The maximum absolute atomic E-state index is 13.1. The SMILES string of the molecule is Cc1nn(-c2ccc(F)cc2)c(C)c1C(=O)NCCCn1cccn1. The van der Waals surface area contributed by atoms with E-state index in [0.717, 1.165) is 24.3 Å². The van der Waals surface area contributed by atoms with Crippen LogP contribution < -0.4 is 5.32 Å². The lowest BCUT2D eigenvalue weighted by Crippen LogP contribution is -2.26. The van der Waals surface area contributed by atoms with Gasteiger partial charge in [0.15, 0.2) is 0 Å². The fraction of sp³-hybridized carbons (Fsp3) is 0.278. The molecule has 0 aliphatic carbocycles. The number of carbonyl (C=O) groups excluding carboxylic acids is 1. The summed E-state index contributed by atoms with van der Waals surface area (Å²) in [4.78, 5) is 12.5. The predicted molar refractivity (Wildman–Crippen MR) is 92.2 cm³/mol. The van der Waals surface area contributed by atoms with Crippen LogP contribution in [0.25, 0.3) is 5.69 Å². The van der Waals surface area contributed by atoms with E-state index in [1.807, 2.05) is 23.9 Å². The zero-order chi connectivity index (χ0) is 17.8. The molecule has 0 aliphatic rings. The van der Waals surface area contributed by atoms with Crippen LogP contribution in [0.4, 0.5) is 4.39 Å². The summed E-state index contributed by atoms with van der Waals surface area (Å²) in [5, 5.41) is 11.5. The third kappa shape index (κ3) is 3.76. The van der Waals surface area contributed by atoms with Crippen molar-refractivity contribution in [3.05, 3.63) is 65.5 Å². The van der Waals surface area contributed by atoms with Gasteiger partial charge in [0.2, 0.25) is 0 Å². The summed E-state index contributed by atoms with van der Waals surface area (Å²) in [6.45, 7) is 4.94. The second-order valence-corrected chi connectivity index (χ2v) is 5.81. The zero-order valence-corrected chi connectivity index (χ0v) is 14.2. The lowest BCUT2D eigenvalue weighted by atomic mass is 10.2. The molecule has 0 saturated carbocycles. The molecule has 1 aromatic carbocycles. The number of carbonyl (C=O) groups is 1. The van der Waals surface area contributed by atoms with E-state index in [1.165, 1.54) is 12.1 Å². The molecule has 0 atom stereocenters. The summed E-state index contributed by atoms with van der Waals surface area (Å²) in [5.74, 6) is -0.454. The van der Waals surface area contributed by atoms with Crippen LogP contribution in [0, 0.1) is 19.7 Å².